The molecule has 15 heavy (non-hydrogen) atoms. The Labute approximate surface area is 91.1 Å². The van der Waals surface area contributed by atoms with E-state index in [1.54, 1.807) is 0 Å². The molecule has 0 aromatic heterocycles. The molecule has 4 N–H and O–H groups in total. The molecule has 0 aliphatic carbocycles. The zero-order valence-electron chi connectivity index (χ0n) is 8.97. The molecule has 0 saturated carbocycles. The Morgan fingerprint density at radius 2 is 1.93 bits per heavy atom. The maximum atomic E-state index is 6.06. The molecule has 0 radical (unpaired) electrons. The molecule has 1 aromatic carbocycles. The topological polar surface area (TPSA) is 55.3 Å². The molecule has 0 bridgehead atoms. The first-order valence-electron chi connectivity index (χ1n) is 5.55. The lowest BCUT2D eigenvalue weighted by molar-refractivity contribution is 0.132. The summed E-state index contributed by atoms with van der Waals surface area (Å²) in [7, 11) is 0. The van der Waals surface area contributed by atoms with Gasteiger partial charge in [-0.1, -0.05) is 30.3 Å². The molecule has 1 saturated heterocycles. The van der Waals surface area contributed by atoms with Gasteiger partial charge in [0, 0.05) is 19.1 Å². The van der Waals surface area contributed by atoms with Crippen LogP contribution in [-0.2, 0) is 6.54 Å². The lowest BCUT2D eigenvalue weighted by Crippen LogP contribution is -2.50. The van der Waals surface area contributed by atoms with Crippen molar-refractivity contribution < 1.29 is 0 Å². The van der Waals surface area contributed by atoms with Crippen LogP contribution < -0.4 is 11.5 Å². The standard InChI is InChI=1S/C12H19N3/c13-11-6-7-15(12(14)8-11)9-10-4-2-1-3-5-10/h1-5,11-12H,6-9,13-14H2. The van der Waals surface area contributed by atoms with Crippen molar-refractivity contribution in [1.29, 1.82) is 0 Å². The number of nitrogens with zero attached hydrogens (tertiary/aromatic N) is 1. The zero-order chi connectivity index (χ0) is 10.7. The zero-order valence-corrected chi connectivity index (χ0v) is 8.97. The highest BCUT2D eigenvalue weighted by molar-refractivity contribution is 5.14. The van der Waals surface area contributed by atoms with Crippen molar-refractivity contribution >= 4 is 0 Å². The minimum atomic E-state index is 0.119. The second kappa shape index (κ2) is 4.75. The van der Waals surface area contributed by atoms with E-state index in [0.717, 1.165) is 25.9 Å². The number of piperidine rings is 1. The first-order valence-corrected chi connectivity index (χ1v) is 5.55. The van der Waals surface area contributed by atoms with E-state index in [9.17, 15) is 0 Å². The van der Waals surface area contributed by atoms with Gasteiger partial charge in [-0.15, -0.1) is 0 Å². The van der Waals surface area contributed by atoms with Crippen LogP contribution >= 0.6 is 0 Å². The lowest BCUT2D eigenvalue weighted by Gasteiger charge is -2.36. The van der Waals surface area contributed by atoms with Gasteiger partial charge in [0.1, 0.15) is 0 Å². The van der Waals surface area contributed by atoms with E-state index in [0.29, 0.717) is 0 Å². The summed E-state index contributed by atoms with van der Waals surface area (Å²) in [5, 5.41) is 0. The van der Waals surface area contributed by atoms with Crippen LogP contribution in [0.15, 0.2) is 30.3 Å². The van der Waals surface area contributed by atoms with Crippen molar-refractivity contribution in [3.8, 4) is 0 Å². The number of rotatable bonds is 2. The van der Waals surface area contributed by atoms with Crippen LogP contribution in [0, 0.1) is 0 Å². The highest BCUT2D eigenvalue weighted by Gasteiger charge is 2.23. The predicted molar refractivity (Wildman–Crippen MR) is 62.0 cm³/mol. The van der Waals surface area contributed by atoms with Gasteiger partial charge >= 0.3 is 0 Å². The smallest absolute Gasteiger partial charge is 0.0589 e. The highest BCUT2D eigenvalue weighted by Crippen LogP contribution is 2.15. The fourth-order valence-electron chi connectivity index (χ4n) is 2.09. The third kappa shape index (κ3) is 2.78. The molecule has 1 fully saturated rings. The van der Waals surface area contributed by atoms with Crippen molar-refractivity contribution in [2.45, 2.75) is 31.6 Å². The van der Waals surface area contributed by atoms with Crippen LogP contribution in [0.4, 0.5) is 0 Å². The quantitative estimate of drug-likeness (QED) is 0.754. The van der Waals surface area contributed by atoms with E-state index in [4.69, 9.17) is 11.5 Å². The SMILES string of the molecule is NC1CCN(Cc2ccccc2)C(N)C1. The minimum Gasteiger partial charge on any atom is -0.328 e. The minimum absolute atomic E-state index is 0.119. The first-order chi connectivity index (χ1) is 7.25. The summed E-state index contributed by atoms with van der Waals surface area (Å²) >= 11 is 0. The van der Waals surface area contributed by atoms with E-state index in [1.165, 1.54) is 5.56 Å². The van der Waals surface area contributed by atoms with Crippen LogP contribution in [0.5, 0.6) is 0 Å². The molecule has 1 aliphatic rings. The van der Waals surface area contributed by atoms with Gasteiger partial charge < -0.3 is 11.5 Å². The van der Waals surface area contributed by atoms with Gasteiger partial charge in [-0.05, 0) is 18.4 Å². The third-order valence-electron chi connectivity index (χ3n) is 3.03. The highest BCUT2D eigenvalue weighted by atomic mass is 15.2. The van der Waals surface area contributed by atoms with Crippen LogP contribution in [0.25, 0.3) is 0 Å². The van der Waals surface area contributed by atoms with Gasteiger partial charge in [0.2, 0.25) is 0 Å². The summed E-state index contributed by atoms with van der Waals surface area (Å²) in [5.41, 5.74) is 13.3. The number of nitrogens with two attached hydrogens (primary N) is 2. The maximum Gasteiger partial charge on any atom is 0.0589 e. The van der Waals surface area contributed by atoms with Crippen molar-refractivity contribution in [1.82, 2.24) is 4.90 Å². The van der Waals surface area contributed by atoms with Gasteiger partial charge in [-0.3, -0.25) is 4.90 Å². The molecule has 1 heterocycles. The Morgan fingerprint density at radius 3 is 2.60 bits per heavy atom. The van der Waals surface area contributed by atoms with Crippen molar-refractivity contribution in [3.63, 3.8) is 0 Å². The average molecular weight is 205 g/mol. The van der Waals surface area contributed by atoms with E-state index < -0.39 is 0 Å². The Bertz CT molecular complexity index is 299. The number of hydrogen-bond donors (Lipinski definition) is 2. The first kappa shape index (κ1) is 10.6. The normalized spacial score (nSPS) is 27.9. The summed E-state index contributed by atoms with van der Waals surface area (Å²) in [4.78, 5) is 2.30. The lowest BCUT2D eigenvalue weighted by atomic mass is 10.0. The molecule has 2 rings (SSSR count). The van der Waals surface area contributed by atoms with Crippen LogP contribution in [-0.4, -0.2) is 23.7 Å². The molecule has 82 valence electrons. The van der Waals surface area contributed by atoms with Crippen LogP contribution in [0.1, 0.15) is 18.4 Å². The monoisotopic (exact) mass is 205 g/mol. The molecule has 0 spiro atoms. The van der Waals surface area contributed by atoms with Crippen LogP contribution in [0.3, 0.4) is 0 Å². The molecule has 2 atom stereocenters. The molecule has 1 aromatic rings. The van der Waals surface area contributed by atoms with Gasteiger partial charge in [-0.2, -0.15) is 0 Å². The fraction of sp³-hybridized carbons (Fsp3) is 0.500. The molecular weight excluding hydrogens is 186 g/mol. The Morgan fingerprint density at radius 1 is 1.20 bits per heavy atom. The average Bonchev–Trinajstić information content (AvgIpc) is 2.24. The van der Waals surface area contributed by atoms with Gasteiger partial charge in [0.25, 0.3) is 0 Å². The van der Waals surface area contributed by atoms with Gasteiger partial charge in [-0.25, -0.2) is 0 Å². The largest absolute Gasteiger partial charge is 0.328 e. The van der Waals surface area contributed by atoms with Gasteiger partial charge in [0.05, 0.1) is 6.17 Å². The van der Waals surface area contributed by atoms with E-state index >= 15 is 0 Å². The van der Waals surface area contributed by atoms with Crippen molar-refractivity contribution in [3.05, 3.63) is 35.9 Å². The van der Waals surface area contributed by atoms with E-state index in [1.807, 2.05) is 6.07 Å². The molecule has 0 amide bonds. The Balaban J connectivity index is 1.95. The summed E-state index contributed by atoms with van der Waals surface area (Å²) < 4.78 is 0. The van der Waals surface area contributed by atoms with Crippen LogP contribution in [0.2, 0.25) is 0 Å². The number of likely N-dealkylation sites (tertiary alicyclic amines) is 1. The van der Waals surface area contributed by atoms with E-state index in [2.05, 4.69) is 29.2 Å². The Kier molecular flexibility index (Phi) is 3.36. The molecule has 3 heteroatoms. The molecule has 1 aliphatic heterocycles. The Hall–Kier alpha value is -0.900. The summed E-state index contributed by atoms with van der Waals surface area (Å²) in [6, 6.07) is 10.7. The molecule has 3 nitrogen and oxygen atoms in total. The number of benzene rings is 1. The summed E-state index contributed by atoms with van der Waals surface area (Å²) in [6.07, 6.45) is 2.09. The summed E-state index contributed by atoms with van der Waals surface area (Å²) in [6.45, 7) is 1.95. The maximum absolute atomic E-state index is 6.06. The second-order valence-corrected chi connectivity index (χ2v) is 4.31. The summed E-state index contributed by atoms with van der Waals surface area (Å²) in [5.74, 6) is 0. The molecule has 2 unspecified atom stereocenters. The predicted octanol–water partition coefficient (Wildman–Crippen LogP) is 0.894. The van der Waals surface area contributed by atoms with E-state index in [-0.39, 0.29) is 12.2 Å². The van der Waals surface area contributed by atoms with Crippen molar-refractivity contribution in [2.24, 2.45) is 11.5 Å². The van der Waals surface area contributed by atoms with Gasteiger partial charge in [0.15, 0.2) is 0 Å². The third-order valence-corrected chi connectivity index (χ3v) is 3.03. The fourth-order valence-corrected chi connectivity index (χ4v) is 2.09. The molecular formula is C12H19N3. The van der Waals surface area contributed by atoms with Crippen molar-refractivity contribution in [2.75, 3.05) is 6.54 Å². The second-order valence-electron chi connectivity index (χ2n) is 4.31. The number of hydrogen-bond acceptors (Lipinski definition) is 3.